The van der Waals surface area contributed by atoms with Crippen molar-refractivity contribution < 1.29 is 48.0 Å². The number of methoxy groups -OCH3 is 1. The van der Waals surface area contributed by atoms with Gasteiger partial charge in [-0.15, -0.1) is 0 Å². The Morgan fingerprint density at radius 1 is 0.830 bits per heavy atom. The molecule has 0 radical (unpaired) electrons. The molecule has 4 fully saturated rings. The van der Waals surface area contributed by atoms with Crippen LogP contribution in [0.3, 0.4) is 0 Å². The van der Waals surface area contributed by atoms with Crippen LogP contribution in [-0.4, -0.2) is 60.9 Å². The van der Waals surface area contributed by atoms with Crippen molar-refractivity contribution in [2.75, 3.05) is 13.7 Å². The summed E-state index contributed by atoms with van der Waals surface area (Å²) in [5, 5.41) is 10.3. The summed E-state index contributed by atoms with van der Waals surface area (Å²) < 4.78 is 23.0. The number of carbonyl (C=O) groups is 5. The molecule has 10 heteroatoms. The predicted molar refractivity (Wildman–Crippen MR) is 170 cm³/mol. The van der Waals surface area contributed by atoms with Gasteiger partial charge < -0.3 is 24.1 Å². The van der Waals surface area contributed by atoms with Crippen molar-refractivity contribution >= 4 is 29.8 Å². The van der Waals surface area contributed by atoms with Gasteiger partial charge in [-0.1, -0.05) is 39.3 Å². The van der Waals surface area contributed by atoms with Gasteiger partial charge in [0.1, 0.15) is 18.8 Å². The highest BCUT2D eigenvalue weighted by Gasteiger charge is 2.72. The van der Waals surface area contributed by atoms with E-state index in [1.165, 1.54) is 33.5 Å². The second kappa shape index (κ2) is 11.6. The number of hydrogen-bond acceptors (Lipinski definition) is 9. The van der Waals surface area contributed by atoms with Crippen LogP contribution in [0.5, 0.6) is 0 Å². The van der Waals surface area contributed by atoms with E-state index >= 15 is 0 Å². The molecule has 5 aliphatic rings. The first-order valence-corrected chi connectivity index (χ1v) is 17.2. The zero-order valence-corrected chi connectivity index (χ0v) is 29.7. The molecule has 0 saturated heterocycles. The standard InChI is InChI=1S/C37H54O10/c1-21(38)45-20-34(6)27-12-13-36(8)28(33(27,5)19-26(46-22(2)39)29(34)47-23(3)40)11-10-24-25-18-32(4,30(41)42)14-16-37(25,31(43)44-9)17-15-35(24,36)7/h10,25-29H,11-20H2,1-9H3,(H,41,42)/t25-,26?,27+,28+,29?,32-,33-,34-,35+,36+,37-/m0/s1. The van der Waals surface area contributed by atoms with Gasteiger partial charge in [0.05, 0.1) is 17.9 Å². The molecule has 0 amide bonds. The summed E-state index contributed by atoms with van der Waals surface area (Å²) in [6.07, 6.45) is 6.30. The van der Waals surface area contributed by atoms with Gasteiger partial charge in [0.2, 0.25) is 0 Å². The van der Waals surface area contributed by atoms with Crippen LogP contribution >= 0.6 is 0 Å². The molecule has 2 unspecified atom stereocenters. The summed E-state index contributed by atoms with van der Waals surface area (Å²) in [5.41, 5.74) is -2.27. The summed E-state index contributed by atoms with van der Waals surface area (Å²) in [4.78, 5) is 63.2. The van der Waals surface area contributed by atoms with Gasteiger partial charge in [-0.3, -0.25) is 24.0 Å². The highest BCUT2D eigenvalue weighted by Crippen LogP contribution is 2.76. The lowest BCUT2D eigenvalue weighted by Gasteiger charge is -2.71. The molecule has 0 aromatic rings. The summed E-state index contributed by atoms with van der Waals surface area (Å²) in [6, 6.07) is 0. The normalized spacial score (nSPS) is 45.4. The fraction of sp³-hybridized carbons (Fsp3) is 0.811. The minimum atomic E-state index is -0.937. The molecule has 0 aromatic heterocycles. The Morgan fingerprint density at radius 3 is 2.04 bits per heavy atom. The molecular weight excluding hydrogens is 604 g/mol. The number of hydrogen-bond donors (Lipinski definition) is 1. The Morgan fingerprint density at radius 2 is 1.47 bits per heavy atom. The molecule has 0 aromatic carbocycles. The lowest BCUT2D eigenvalue weighted by molar-refractivity contribution is -0.256. The Bertz CT molecular complexity index is 1390. The van der Waals surface area contributed by atoms with Crippen LogP contribution in [0.4, 0.5) is 0 Å². The van der Waals surface area contributed by atoms with Crippen molar-refractivity contribution in [1.29, 1.82) is 0 Å². The minimum absolute atomic E-state index is 0.0233. The first-order chi connectivity index (χ1) is 21.7. The van der Waals surface area contributed by atoms with E-state index in [4.69, 9.17) is 18.9 Å². The maximum Gasteiger partial charge on any atom is 0.312 e. The molecule has 262 valence electrons. The number of carboxylic acid groups (broad SMARTS) is 1. The molecule has 11 atom stereocenters. The summed E-state index contributed by atoms with van der Waals surface area (Å²) in [5.74, 6) is -2.60. The van der Waals surface area contributed by atoms with Crippen LogP contribution in [0.25, 0.3) is 0 Å². The van der Waals surface area contributed by atoms with Gasteiger partial charge in [-0.25, -0.2) is 0 Å². The van der Waals surface area contributed by atoms with Crippen molar-refractivity contribution in [3.63, 3.8) is 0 Å². The van der Waals surface area contributed by atoms with E-state index in [1.54, 1.807) is 0 Å². The van der Waals surface area contributed by atoms with E-state index in [2.05, 4.69) is 26.8 Å². The van der Waals surface area contributed by atoms with Gasteiger partial charge in [0, 0.05) is 26.2 Å². The number of allylic oxidation sites excluding steroid dienone is 2. The van der Waals surface area contributed by atoms with Gasteiger partial charge in [-0.2, -0.15) is 0 Å². The smallest absolute Gasteiger partial charge is 0.312 e. The zero-order chi connectivity index (χ0) is 35.0. The minimum Gasteiger partial charge on any atom is -0.481 e. The first kappa shape index (κ1) is 35.4. The van der Waals surface area contributed by atoms with Crippen molar-refractivity contribution in [3.8, 4) is 0 Å². The highest BCUT2D eigenvalue weighted by atomic mass is 16.6. The van der Waals surface area contributed by atoms with E-state index in [9.17, 15) is 29.1 Å². The number of rotatable bonds is 6. The number of fused-ring (bicyclic) bond motifs is 7. The third kappa shape index (κ3) is 5.13. The molecule has 10 nitrogen and oxygen atoms in total. The van der Waals surface area contributed by atoms with Crippen LogP contribution in [-0.2, 0) is 42.9 Å². The van der Waals surface area contributed by atoms with Gasteiger partial charge in [-0.05, 0) is 98.7 Å². The quantitative estimate of drug-likeness (QED) is 0.204. The Balaban J connectivity index is 1.63. The maximum atomic E-state index is 13.6. The van der Waals surface area contributed by atoms with Crippen molar-refractivity contribution in [1.82, 2.24) is 0 Å². The summed E-state index contributed by atoms with van der Waals surface area (Å²) in [6.45, 7) is 14.8. The number of ether oxygens (including phenoxy) is 4. The summed E-state index contributed by atoms with van der Waals surface area (Å²) in [7, 11) is 1.43. The van der Waals surface area contributed by atoms with Crippen molar-refractivity contribution in [2.24, 2.45) is 50.2 Å². The SMILES string of the molecule is COC(=O)[C@]12CC[C@](C)(C(=O)O)C[C@H]1C1=CC[C@@H]3[C@@]4(C)CC(OC(C)=O)C(OC(C)=O)[C@@](C)(COC(C)=O)[C@@H]4CC[C@@]3(C)[C@]1(C)CC2. The molecule has 0 bridgehead atoms. The zero-order valence-electron chi connectivity index (χ0n) is 29.7. The second-order valence-corrected chi connectivity index (χ2v) is 16.7. The third-order valence-electron chi connectivity index (χ3n) is 14.4. The lowest BCUT2D eigenvalue weighted by atomic mass is 9.33. The van der Waals surface area contributed by atoms with E-state index in [0.29, 0.717) is 38.5 Å². The Kier molecular flexibility index (Phi) is 8.74. The van der Waals surface area contributed by atoms with Gasteiger partial charge >= 0.3 is 29.8 Å². The van der Waals surface area contributed by atoms with Gasteiger partial charge in [0.15, 0.2) is 0 Å². The molecule has 0 heterocycles. The van der Waals surface area contributed by atoms with Crippen LogP contribution in [0.1, 0.15) is 113 Å². The Labute approximate surface area is 278 Å². The van der Waals surface area contributed by atoms with Gasteiger partial charge in [0.25, 0.3) is 0 Å². The largest absolute Gasteiger partial charge is 0.481 e. The first-order valence-electron chi connectivity index (χ1n) is 17.2. The van der Waals surface area contributed by atoms with E-state index in [1.807, 2.05) is 13.8 Å². The van der Waals surface area contributed by atoms with Crippen LogP contribution < -0.4 is 0 Å². The highest BCUT2D eigenvalue weighted by molar-refractivity contribution is 5.80. The average molecular weight is 659 g/mol. The van der Waals surface area contributed by atoms with E-state index in [0.717, 1.165) is 19.3 Å². The third-order valence-corrected chi connectivity index (χ3v) is 14.4. The topological polar surface area (TPSA) is 143 Å². The monoisotopic (exact) mass is 658 g/mol. The predicted octanol–water partition coefficient (Wildman–Crippen LogP) is 6.04. The van der Waals surface area contributed by atoms with Crippen LogP contribution in [0.15, 0.2) is 11.6 Å². The number of aliphatic carboxylic acids is 1. The Hall–Kier alpha value is -2.91. The molecule has 4 saturated carbocycles. The number of carboxylic acids is 1. The fourth-order valence-corrected chi connectivity index (χ4v) is 11.9. The van der Waals surface area contributed by atoms with E-state index in [-0.39, 0.29) is 41.2 Å². The molecule has 1 N–H and O–H groups in total. The van der Waals surface area contributed by atoms with Crippen LogP contribution in [0, 0.1) is 50.2 Å². The van der Waals surface area contributed by atoms with Crippen molar-refractivity contribution in [2.45, 2.75) is 125 Å². The summed E-state index contributed by atoms with van der Waals surface area (Å²) >= 11 is 0. The molecule has 5 rings (SSSR count). The number of carbonyl (C=O) groups excluding carboxylic acids is 4. The molecular formula is C37H54O10. The molecule has 0 aliphatic heterocycles. The molecule has 47 heavy (non-hydrogen) atoms. The lowest BCUT2D eigenvalue weighted by Crippen LogP contribution is -2.69. The van der Waals surface area contributed by atoms with Crippen LogP contribution in [0.2, 0.25) is 0 Å². The van der Waals surface area contributed by atoms with Crippen molar-refractivity contribution in [3.05, 3.63) is 11.6 Å². The molecule has 5 aliphatic carbocycles. The maximum absolute atomic E-state index is 13.6. The van der Waals surface area contributed by atoms with E-state index < -0.39 is 57.7 Å². The molecule has 0 spiro atoms. The fourth-order valence-electron chi connectivity index (χ4n) is 11.9. The average Bonchev–Trinajstić information content (AvgIpc) is 2.97. The number of esters is 4. The second-order valence-electron chi connectivity index (χ2n) is 16.7.